The zero-order chi connectivity index (χ0) is 18.1. The van der Waals surface area contributed by atoms with Crippen molar-refractivity contribution < 1.29 is 14.3 Å². The minimum atomic E-state index is -0.257. The first kappa shape index (κ1) is 18.3. The second kappa shape index (κ2) is 9.33. The molecule has 0 saturated heterocycles. The Kier molecular flexibility index (Phi) is 6.85. The first-order chi connectivity index (χ1) is 12.1. The normalized spacial score (nSPS) is 9.96. The molecular formula is C20H22N2O3. The maximum absolute atomic E-state index is 11.3. The first-order valence-corrected chi connectivity index (χ1v) is 8.11. The number of carbonyl (C=O) groups excluding carboxylic acids is 1. The van der Waals surface area contributed by atoms with Crippen molar-refractivity contribution in [2.75, 3.05) is 13.7 Å². The van der Waals surface area contributed by atoms with Crippen molar-refractivity contribution in [1.82, 2.24) is 5.32 Å². The average molecular weight is 338 g/mol. The molecule has 0 bridgehead atoms. The van der Waals surface area contributed by atoms with Crippen molar-refractivity contribution in [3.63, 3.8) is 0 Å². The van der Waals surface area contributed by atoms with Crippen LogP contribution in [0.1, 0.15) is 23.1 Å². The Bertz CT molecular complexity index is 766. The van der Waals surface area contributed by atoms with Crippen LogP contribution < -0.4 is 14.8 Å². The van der Waals surface area contributed by atoms with E-state index in [2.05, 4.69) is 11.4 Å². The summed E-state index contributed by atoms with van der Waals surface area (Å²) in [4.78, 5) is 11.3. The topological polar surface area (TPSA) is 71.3 Å². The number of ether oxygens (including phenoxy) is 2. The number of rotatable bonds is 8. The van der Waals surface area contributed by atoms with Crippen LogP contribution in [-0.2, 0) is 17.8 Å². The molecule has 0 fully saturated rings. The van der Waals surface area contributed by atoms with Crippen LogP contribution in [0.5, 0.6) is 11.5 Å². The second-order valence-electron chi connectivity index (χ2n) is 5.70. The van der Waals surface area contributed by atoms with Crippen LogP contribution in [0, 0.1) is 18.3 Å². The third-order valence-electron chi connectivity index (χ3n) is 3.68. The SMILES string of the molecule is COc1ccc(CCNC(=O)CC#N)cc1OCc1cccc(C)c1. The van der Waals surface area contributed by atoms with E-state index in [-0.39, 0.29) is 12.3 Å². The fourth-order valence-electron chi connectivity index (χ4n) is 2.43. The number of amides is 1. The summed E-state index contributed by atoms with van der Waals surface area (Å²) in [6, 6.07) is 15.7. The number of nitrogens with zero attached hydrogens (tertiary/aromatic N) is 1. The van der Waals surface area contributed by atoms with Crippen molar-refractivity contribution in [3.05, 3.63) is 59.2 Å². The maximum atomic E-state index is 11.3. The van der Waals surface area contributed by atoms with Gasteiger partial charge in [-0.3, -0.25) is 4.79 Å². The first-order valence-electron chi connectivity index (χ1n) is 8.11. The number of nitriles is 1. The highest BCUT2D eigenvalue weighted by atomic mass is 16.5. The molecule has 0 spiro atoms. The predicted octanol–water partition coefficient (Wildman–Crippen LogP) is 3.16. The van der Waals surface area contributed by atoms with Gasteiger partial charge in [0.05, 0.1) is 13.2 Å². The molecule has 0 saturated carbocycles. The molecule has 0 aliphatic carbocycles. The lowest BCUT2D eigenvalue weighted by Gasteiger charge is -2.13. The highest BCUT2D eigenvalue weighted by Gasteiger charge is 2.07. The van der Waals surface area contributed by atoms with Gasteiger partial charge in [-0.15, -0.1) is 0 Å². The van der Waals surface area contributed by atoms with Gasteiger partial charge >= 0.3 is 0 Å². The van der Waals surface area contributed by atoms with Gasteiger partial charge in [-0.25, -0.2) is 0 Å². The van der Waals surface area contributed by atoms with E-state index < -0.39 is 0 Å². The molecule has 5 nitrogen and oxygen atoms in total. The molecule has 0 unspecified atom stereocenters. The minimum absolute atomic E-state index is 0.118. The molecule has 0 heterocycles. The highest BCUT2D eigenvalue weighted by Crippen LogP contribution is 2.29. The fraction of sp³-hybridized carbons (Fsp3) is 0.300. The lowest BCUT2D eigenvalue weighted by molar-refractivity contribution is -0.120. The van der Waals surface area contributed by atoms with Gasteiger partial charge in [-0.2, -0.15) is 5.26 Å². The standard InChI is InChI=1S/C20H22N2O3/c1-15-4-3-5-17(12-15)14-25-19-13-16(6-7-18(19)24-2)9-11-22-20(23)8-10-21/h3-7,12-13H,8-9,11,14H2,1-2H3,(H,22,23). The molecule has 2 aromatic rings. The van der Waals surface area contributed by atoms with Gasteiger partial charge in [0.15, 0.2) is 11.5 Å². The minimum Gasteiger partial charge on any atom is -0.493 e. The number of carbonyl (C=O) groups is 1. The van der Waals surface area contributed by atoms with E-state index in [1.165, 1.54) is 5.56 Å². The number of methoxy groups -OCH3 is 1. The Labute approximate surface area is 148 Å². The molecule has 1 amide bonds. The van der Waals surface area contributed by atoms with Crippen LogP contribution in [0.3, 0.4) is 0 Å². The van der Waals surface area contributed by atoms with Crippen LogP contribution in [0.2, 0.25) is 0 Å². The quantitative estimate of drug-likeness (QED) is 0.802. The second-order valence-corrected chi connectivity index (χ2v) is 5.70. The van der Waals surface area contributed by atoms with Crippen molar-refractivity contribution in [1.29, 1.82) is 5.26 Å². The summed E-state index contributed by atoms with van der Waals surface area (Å²) in [6.45, 7) is 2.98. The molecule has 2 aromatic carbocycles. The van der Waals surface area contributed by atoms with E-state index in [1.54, 1.807) is 7.11 Å². The van der Waals surface area contributed by atoms with Crippen molar-refractivity contribution in [3.8, 4) is 17.6 Å². The number of hydrogen-bond donors (Lipinski definition) is 1. The third-order valence-corrected chi connectivity index (χ3v) is 3.68. The van der Waals surface area contributed by atoms with Crippen LogP contribution in [-0.4, -0.2) is 19.6 Å². The van der Waals surface area contributed by atoms with Gasteiger partial charge in [0, 0.05) is 6.54 Å². The lowest BCUT2D eigenvalue weighted by Crippen LogP contribution is -2.24. The largest absolute Gasteiger partial charge is 0.493 e. The van der Waals surface area contributed by atoms with Crippen molar-refractivity contribution in [2.45, 2.75) is 26.4 Å². The Morgan fingerprint density at radius 1 is 1.16 bits per heavy atom. The summed E-state index contributed by atoms with van der Waals surface area (Å²) < 4.78 is 11.3. The van der Waals surface area contributed by atoms with Gasteiger partial charge in [-0.1, -0.05) is 35.9 Å². The summed E-state index contributed by atoms with van der Waals surface area (Å²) in [6.07, 6.45) is 0.537. The monoisotopic (exact) mass is 338 g/mol. The lowest BCUT2D eigenvalue weighted by atomic mass is 10.1. The number of hydrogen-bond acceptors (Lipinski definition) is 4. The van der Waals surface area contributed by atoms with Crippen LogP contribution in [0.4, 0.5) is 0 Å². The van der Waals surface area contributed by atoms with Gasteiger partial charge in [0.2, 0.25) is 5.91 Å². The number of nitrogens with one attached hydrogen (secondary N) is 1. The number of aryl methyl sites for hydroxylation is 1. The van der Waals surface area contributed by atoms with E-state index >= 15 is 0 Å². The molecule has 0 aromatic heterocycles. The molecule has 1 N–H and O–H groups in total. The molecule has 0 aliphatic rings. The van der Waals surface area contributed by atoms with E-state index in [1.807, 2.05) is 49.4 Å². The third kappa shape index (κ3) is 5.85. The van der Waals surface area contributed by atoms with Crippen LogP contribution in [0.15, 0.2) is 42.5 Å². The Balaban J connectivity index is 1.99. The van der Waals surface area contributed by atoms with E-state index in [9.17, 15) is 4.79 Å². The summed E-state index contributed by atoms with van der Waals surface area (Å²) in [5.41, 5.74) is 3.31. The van der Waals surface area contributed by atoms with Gasteiger partial charge in [-0.05, 0) is 36.6 Å². The molecule has 5 heteroatoms. The van der Waals surface area contributed by atoms with Crippen LogP contribution >= 0.6 is 0 Å². The number of benzene rings is 2. The van der Waals surface area contributed by atoms with Crippen molar-refractivity contribution in [2.24, 2.45) is 0 Å². The van der Waals surface area contributed by atoms with Crippen LogP contribution in [0.25, 0.3) is 0 Å². The summed E-state index contributed by atoms with van der Waals surface area (Å²) in [7, 11) is 1.61. The Morgan fingerprint density at radius 3 is 2.72 bits per heavy atom. The molecule has 2 rings (SSSR count). The van der Waals surface area contributed by atoms with E-state index in [4.69, 9.17) is 14.7 Å². The molecular weight excluding hydrogens is 316 g/mol. The fourth-order valence-corrected chi connectivity index (χ4v) is 2.43. The zero-order valence-electron chi connectivity index (χ0n) is 14.5. The summed E-state index contributed by atoms with van der Waals surface area (Å²) in [5.74, 6) is 1.08. The Hall–Kier alpha value is -3.00. The summed E-state index contributed by atoms with van der Waals surface area (Å²) >= 11 is 0. The van der Waals surface area contributed by atoms with Gasteiger partial charge in [0.1, 0.15) is 13.0 Å². The molecule has 0 radical (unpaired) electrons. The maximum Gasteiger partial charge on any atom is 0.234 e. The smallest absolute Gasteiger partial charge is 0.234 e. The predicted molar refractivity (Wildman–Crippen MR) is 95.4 cm³/mol. The van der Waals surface area contributed by atoms with Gasteiger partial charge in [0.25, 0.3) is 0 Å². The highest BCUT2D eigenvalue weighted by molar-refractivity contribution is 5.77. The van der Waals surface area contributed by atoms with Gasteiger partial charge < -0.3 is 14.8 Å². The van der Waals surface area contributed by atoms with E-state index in [0.29, 0.717) is 31.1 Å². The Morgan fingerprint density at radius 2 is 2.00 bits per heavy atom. The molecule has 25 heavy (non-hydrogen) atoms. The molecule has 130 valence electrons. The molecule has 0 aliphatic heterocycles. The zero-order valence-corrected chi connectivity index (χ0v) is 14.5. The van der Waals surface area contributed by atoms with E-state index in [0.717, 1.165) is 11.1 Å². The molecule has 0 atom stereocenters. The average Bonchev–Trinajstić information content (AvgIpc) is 2.60. The summed E-state index contributed by atoms with van der Waals surface area (Å²) in [5, 5.41) is 11.2. The van der Waals surface area contributed by atoms with Crippen molar-refractivity contribution >= 4 is 5.91 Å².